The van der Waals surface area contributed by atoms with Gasteiger partial charge in [0, 0.05) is 19.1 Å². The number of aliphatic hydroxyl groups is 1. The second-order valence-electron chi connectivity index (χ2n) is 4.20. The Morgan fingerprint density at radius 2 is 2.19 bits per heavy atom. The van der Waals surface area contributed by atoms with E-state index in [0.717, 1.165) is 32.1 Å². The molecule has 0 aromatic carbocycles. The van der Waals surface area contributed by atoms with E-state index < -0.39 is 10.2 Å². The monoisotopic (exact) mass is 250 g/mol. The van der Waals surface area contributed by atoms with Crippen LogP contribution in [-0.2, 0) is 10.2 Å². The third-order valence-corrected chi connectivity index (χ3v) is 4.57. The molecule has 1 atom stereocenters. The van der Waals surface area contributed by atoms with Crippen LogP contribution < -0.4 is 4.72 Å². The summed E-state index contributed by atoms with van der Waals surface area (Å²) in [6.45, 7) is 2.93. The van der Waals surface area contributed by atoms with Gasteiger partial charge in [0.05, 0.1) is 6.61 Å². The normalized spacial score (nSPS) is 23.5. The first-order valence-electron chi connectivity index (χ1n) is 5.99. The summed E-state index contributed by atoms with van der Waals surface area (Å²) in [4.78, 5) is 0. The van der Waals surface area contributed by atoms with Gasteiger partial charge < -0.3 is 5.11 Å². The van der Waals surface area contributed by atoms with E-state index in [2.05, 4.69) is 4.72 Å². The zero-order valence-electron chi connectivity index (χ0n) is 9.85. The topological polar surface area (TPSA) is 69.6 Å². The highest BCUT2D eigenvalue weighted by Crippen LogP contribution is 2.19. The number of aliphatic hydroxyl groups excluding tert-OH is 1. The number of unbranched alkanes of at least 4 members (excludes halogenated alkanes) is 1. The molecule has 1 rings (SSSR count). The second-order valence-corrected chi connectivity index (χ2v) is 5.90. The van der Waals surface area contributed by atoms with Crippen LogP contribution in [0.1, 0.15) is 39.0 Å². The summed E-state index contributed by atoms with van der Waals surface area (Å²) in [5.74, 6) is 0. The predicted octanol–water partition coefficient (Wildman–Crippen LogP) is 0.468. The van der Waals surface area contributed by atoms with E-state index in [1.54, 1.807) is 0 Å². The van der Waals surface area contributed by atoms with Crippen LogP contribution in [0.25, 0.3) is 0 Å². The molecule has 16 heavy (non-hydrogen) atoms. The molecule has 1 saturated heterocycles. The zero-order chi connectivity index (χ0) is 12.0. The van der Waals surface area contributed by atoms with Gasteiger partial charge in [-0.15, -0.1) is 0 Å². The maximum absolute atomic E-state index is 11.9. The average Bonchev–Trinajstić information content (AvgIpc) is 2.29. The van der Waals surface area contributed by atoms with E-state index >= 15 is 0 Å². The molecule has 0 aromatic heterocycles. The third kappa shape index (κ3) is 3.69. The van der Waals surface area contributed by atoms with Crippen LogP contribution in [0.2, 0.25) is 0 Å². The van der Waals surface area contributed by atoms with E-state index in [1.807, 2.05) is 6.92 Å². The molecule has 96 valence electrons. The lowest BCUT2D eigenvalue weighted by atomic mass is 10.1. The van der Waals surface area contributed by atoms with Crippen molar-refractivity contribution in [2.45, 2.75) is 45.1 Å². The molecule has 0 spiro atoms. The van der Waals surface area contributed by atoms with Crippen molar-refractivity contribution >= 4 is 10.2 Å². The molecule has 0 aromatic rings. The van der Waals surface area contributed by atoms with Crippen molar-refractivity contribution in [2.75, 3.05) is 19.7 Å². The van der Waals surface area contributed by atoms with Crippen LogP contribution in [0.3, 0.4) is 0 Å². The highest BCUT2D eigenvalue weighted by Gasteiger charge is 2.31. The number of rotatable bonds is 6. The Morgan fingerprint density at radius 3 is 2.81 bits per heavy atom. The summed E-state index contributed by atoms with van der Waals surface area (Å²) in [5, 5.41) is 9.16. The molecule has 1 heterocycles. The Labute approximate surface area is 98.0 Å². The fourth-order valence-electron chi connectivity index (χ4n) is 1.93. The molecule has 6 heteroatoms. The van der Waals surface area contributed by atoms with Crippen molar-refractivity contribution in [3.63, 3.8) is 0 Å². The summed E-state index contributed by atoms with van der Waals surface area (Å²) in [6.07, 6.45) is 4.44. The van der Waals surface area contributed by atoms with E-state index in [4.69, 9.17) is 5.11 Å². The van der Waals surface area contributed by atoms with Crippen molar-refractivity contribution in [2.24, 2.45) is 0 Å². The third-order valence-electron chi connectivity index (χ3n) is 2.91. The SMILES string of the molecule is CCCCNS(=O)(=O)N1CCCCC1CO. The lowest BCUT2D eigenvalue weighted by Gasteiger charge is -2.33. The van der Waals surface area contributed by atoms with Gasteiger partial charge in [0.25, 0.3) is 10.2 Å². The molecule has 0 radical (unpaired) electrons. The number of piperidine rings is 1. The summed E-state index contributed by atoms with van der Waals surface area (Å²) in [6, 6.07) is -0.243. The fourth-order valence-corrected chi connectivity index (χ4v) is 3.44. The van der Waals surface area contributed by atoms with Crippen molar-refractivity contribution < 1.29 is 13.5 Å². The summed E-state index contributed by atoms with van der Waals surface area (Å²) in [5.41, 5.74) is 0. The van der Waals surface area contributed by atoms with Crippen LogP contribution in [0, 0.1) is 0 Å². The number of hydrogen-bond donors (Lipinski definition) is 2. The molecule has 0 saturated carbocycles. The van der Waals surface area contributed by atoms with Gasteiger partial charge in [0.2, 0.25) is 0 Å². The second kappa shape index (κ2) is 6.54. The van der Waals surface area contributed by atoms with Crippen LogP contribution in [0.4, 0.5) is 0 Å². The highest BCUT2D eigenvalue weighted by molar-refractivity contribution is 7.87. The van der Waals surface area contributed by atoms with Gasteiger partial charge in [0.15, 0.2) is 0 Å². The Bertz CT molecular complexity index is 292. The largest absolute Gasteiger partial charge is 0.395 e. The van der Waals surface area contributed by atoms with Gasteiger partial charge in [-0.05, 0) is 19.3 Å². The molecule has 5 nitrogen and oxygen atoms in total. The van der Waals surface area contributed by atoms with Gasteiger partial charge in [-0.25, -0.2) is 4.72 Å². The number of nitrogens with one attached hydrogen (secondary N) is 1. The lowest BCUT2D eigenvalue weighted by molar-refractivity contribution is 0.154. The first-order valence-corrected chi connectivity index (χ1v) is 7.43. The first kappa shape index (κ1) is 13.9. The minimum Gasteiger partial charge on any atom is -0.395 e. The average molecular weight is 250 g/mol. The molecule has 1 aliphatic rings. The van der Waals surface area contributed by atoms with Gasteiger partial charge in [-0.1, -0.05) is 19.8 Å². The van der Waals surface area contributed by atoms with Crippen LogP contribution in [-0.4, -0.2) is 43.6 Å². The van der Waals surface area contributed by atoms with Crippen LogP contribution >= 0.6 is 0 Å². The van der Waals surface area contributed by atoms with Crippen LogP contribution in [0.5, 0.6) is 0 Å². The minimum absolute atomic E-state index is 0.0886. The zero-order valence-corrected chi connectivity index (χ0v) is 10.7. The quantitative estimate of drug-likeness (QED) is 0.673. The molecule has 0 aliphatic carbocycles. The predicted molar refractivity (Wildman–Crippen MR) is 63.3 cm³/mol. The standard InChI is InChI=1S/C10H22N2O3S/c1-2-3-7-11-16(14,15)12-8-5-4-6-10(12)9-13/h10-11,13H,2-9H2,1H3. The molecular weight excluding hydrogens is 228 g/mol. The fraction of sp³-hybridized carbons (Fsp3) is 1.00. The van der Waals surface area contributed by atoms with Gasteiger partial charge in [0.1, 0.15) is 0 Å². The first-order chi connectivity index (χ1) is 7.61. The molecule has 2 N–H and O–H groups in total. The molecule has 1 unspecified atom stereocenters. The Morgan fingerprint density at radius 1 is 1.44 bits per heavy atom. The maximum Gasteiger partial charge on any atom is 0.279 e. The molecule has 1 aliphatic heterocycles. The van der Waals surface area contributed by atoms with Crippen LogP contribution in [0.15, 0.2) is 0 Å². The van der Waals surface area contributed by atoms with Gasteiger partial charge in [-0.3, -0.25) is 0 Å². The summed E-state index contributed by atoms with van der Waals surface area (Å²) >= 11 is 0. The highest BCUT2D eigenvalue weighted by atomic mass is 32.2. The molecular formula is C10H22N2O3S. The van der Waals surface area contributed by atoms with Crippen molar-refractivity contribution in [3.8, 4) is 0 Å². The number of nitrogens with zero attached hydrogens (tertiary/aromatic N) is 1. The smallest absolute Gasteiger partial charge is 0.279 e. The lowest BCUT2D eigenvalue weighted by Crippen LogP contribution is -2.50. The molecule has 0 bridgehead atoms. The maximum atomic E-state index is 11.9. The van der Waals surface area contributed by atoms with E-state index in [1.165, 1.54) is 4.31 Å². The summed E-state index contributed by atoms with van der Waals surface area (Å²) < 4.78 is 27.9. The van der Waals surface area contributed by atoms with Crippen molar-refractivity contribution in [1.29, 1.82) is 0 Å². The summed E-state index contributed by atoms with van der Waals surface area (Å²) in [7, 11) is -3.39. The van der Waals surface area contributed by atoms with E-state index in [0.29, 0.717) is 13.1 Å². The van der Waals surface area contributed by atoms with Crippen molar-refractivity contribution in [3.05, 3.63) is 0 Å². The Balaban J connectivity index is 2.57. The number of hydrogen-bond acceptors (Lipinski definition) is 3. The molecule has 1 fully saturated rings. The molecule has 0 amide bonds. The van der Waals surface area contributed by atoms with E-state index in [9.17, 15) is 8.42 Å². The Kier molecular flexibility index (Phi) is 5.68. The van der Waals surface area contributed by atoms with E-state index in [-0.39, 0.29) is 12.6 Å². The van der Waals surface area contributed by atoms with Crippen molar-refractivity contribution in [1.82, 2.24) is 9.03 Å². The minimum atomic E-state index is -3.39. The van der Waals surface area contributed by atoms with Gasteiger partial charge >= 0.3 is 0 Å². The Hall–Kier alpha value is -0.170. The van der Waals surface area contributed by atoms with Gasteiger partial charge in [-0.2, -0.15) is 12.7 Å².